The fourth-order valence-corrected chi connectivity index (χ4v) is 2.41. The highest BCUT2D eigenvalue weighted by molar-refractivity contribution is 9.10. The number of rotatable bonds is 3. The maximum absolute atomic E-state index is 12.1. The van der Waals surface area contributed by atoms with Gasteiger partial charge in [0, 0.05) is 15.1 Å². The van der Waals surface area contributed by atoms with Crippen molar-refractivity contribution < 1.29 is 14.6 Å². The molecule has 2 rings (SSSR count). The third kappa shape index (κ3) is 3.32. The maximum Gasteiger partial charge on any atom is 0.342 e. The molecule has 2 aromatic rings. The molecule has 0 saturated heterocycles. The van der Waals surface area contributed by atoms with Crippen LogP contribution in [-0.4, -0.2) is 11.1 Å². The Morgan fingerprint density at radius 3 is 2.70 bits per heavy atom. The summed E-state index contributed by atoms with van der Waals surface area (Å²) >= 11 is 9.30. The molecule has 20 heavy (non-hydrogen) atoms. The number of phenols is 1. The number of hydrogen-bond donors (Lipinski definition) is 1. The second-order valence-electron chi connectivity index (χ2n) is 4.23. The van der Waals surface area contributed by atoms with Gasteiger partial charge >= 0.3 is 5.97 Å². The van der Waals surface area contributed by atoms with Crippen molar-refractivity contribution in [1.82, 2.24) is 0 Å². The largest absolute Gasteiger partial charge is 0.507 e. The molecule has 0 unspecified atom stereocenters. The van der Waals surface area contributed by atoms with Gasteiger partial charge in [0.1, 0.15) is 17.4 Å². The monoisotopic (exact) mass is 354 g/mol. The summed E-state index contributed by atoms with van der Waals surface area (Å²) in [5, 5.41) is 10.2. The van der Waals surface area contributed by atoms with Gasteiger partial charge in [-0.2, -0.15) is 0 Å². The predicted molar refractivity (Wildman–Crippen MR) is 81.1 cm³/mol. The van der Waals surface area contributed by atoms with Gasteiger partial charge in [-0.15, -0.1) is 0 Å². The number of benzene rings is 2. The van der Waals surface area contributed by atoms with Crippen molar-refractivity contribution in [3.05, 3.63) is 63.1 Å². The van der Waals surface area contributed by atoms with E-state index >= 15 is 0 Å². The van der Waals surface area contributed by atoms with Crippen LogP contribution in [0.15, 0.2) is 46.9 Å². The maximum atomic E-state index is 12.1. The van der Waals surface area contributed by atoms with Crippen LogP contribution in [0.1, 0.15) is 28.9 Å². The quantitative estimate of drug-likeness (QED) is 0.810. The van der Waals surface area contributed by atoms with E-state index in [0.29, 0.717) is 9.50 Å². The Hall–Kier alpha value is -1.52. The summed E-state index contributed by atoms with van der Waals surface area (Å²) in [4.78, 5) is 12.1. The van der Waals surface area contributed by atoms with Crippen molar-refractivity contribution in [2.24, 2.45) is 0 Å². The summed E-state index contributed by atoms with van der Waals surface area (Å²) in [5.41, 5.74) is 0.829. The van der Waals surface area contributed by atoms with Crippen LogP contribution in [0.2, 0.25) is 5.02 Å². The third-order valence-corrected chi connectivity index (χ3v) is 3.64. The Balaban J connectivity index is 2.20. The molecular formula is C15H12BrClO3. The van der Waals surface area contributed by atoms with Crippen molar-refractivity contribution >= 4 is 33.5 Å². The first-order valence-electron chi connectivity index (χ1n) is 5.93. The van der Waals surface area contributed by atoms with Crippen LogP contribution in [0.5, 0.6) is 5.75 Å². The second-order valence-corrected chi connectivity index (χ2v) is 5.55. The molecule has 0 saturated carbocycles. The number of ether oxygens (including phenoxy) is 1. The number of hydrogen-bond acceptors (Lipinski definition) is 3. The summed E-state index contributed by atoms with van der Waals surface area (Å²) in [5.74, 6) is -0.722. The fourth-order valence-electron chi connectivity index (χ4n) is 1.76. The van der Waals surface area contributed by atoms with E-state index in [2.05, 4.69) is 15.9 Å². The lowest BCUT2D eigenvalue weighted by Crippen LogP contribution is -2.10. The minimum atomic E-state index is -0.601. The summed E-state index contributed by atoms with van der Waals surface area (Å²) in [6.07, 6.45) is -0.505. The van der Waals surface area contributed by atoms with Gasteiger partial charge in [-0.3, -0.25) is 0 Å². The summed E-state index contributed by atoms with van der Waals surface area (Å²) in [6.45, 7) is 1.73. The molecule has 0 amide bonds. The Morgan fingerprint density at radius 1 is 1.30 bits per heavy atom. The van der Waals surface area contributed by atoms with E-state index in [1.807, 2.05) is 6.07 Å². The molecule has 1 N–H and O–H groups in total. The molecule has 104 valence electrons. The van der Waals surface area contributed by atoms with Crippen molar-refractivity contribution in [3.63, 3.8) is 0 Å². The summed E-state index contributed by atoms with van der Waals surface area (Å²) in [6, 6.07) is 11.7. The molecule has 0 fully saturated rings. The molecule has 0 bridgehead atoms. The molecule has 3 nitrogen and oxygen atoms in total. The van der Waals surface area contributed by atoms with Crippen molar-refractivity contribution in [3.8, 4) is 5.75 Å². The van der Waals surface area contributed by atoms with E-state index < -0.39 is 12.1 Å². The molecule has 0 radical (unpaired) electrons. The van der Waals surface area contributed by atoms with Gasteiger partial charge in [0.25, 0.3) is 0 Å². The highest BCUT2D eigenvalue weighted by Crippen LogP contribution is 2.28. The number of esters is 1. The van der Waals surface area contributed by atoms with Crippen LogP contribution >= 0.6 is 27.5 Å². The highest BCUT2D eigenvalue weighted by atomic mass is 79.9. The van der Waals surface area contributed by atoms with Crippen molar-refractivity contribution in [1.29, 1.82) is 0 Å². The van der Waals surface area contributed by atoms with Gasteiger partial charge in [0.15, 0.2) is 0 Å². The summed E-state index contributed by atoms with van der Waals surface area (Å²) < 4.78 is 6.02. The van der Waals surface area contributed by atoms with Crippen molar-refractivity contribution in [2.45, 2.75) is 13.0 Å². The minimum Gasteiger partial charge on any atom is -0.507 e. The Morgan fingerprint density at radius 2 is 2.00 bits per heavy atom. The van der Waals surface area contributed by atoms with Crippen LogP contribution in [0, 0.1) is 0 Å². The van der Waals surface area contributed by atoms with Crippen LogP contribution < -0.4 is 0 Å². The topological polar surface area (TPSA) is 46.5 Å². The number of phenolic OH excluding ortho intramolecular Hbond substituents is 1. The van der Waals surface area contributed by atoms with Gasteiger partial charge in [-0.1, -0.05) is 45.7 Å². The number of carbonyl (C=O) groups is 1. The van der Waals surface area contributed by atoms with E-state index in [0.717, 1.165) is 5.56 Å². The fraction of sp³-hybridized carbons (Fsp3) is 0.133. The van der Waals surface area contributed by atoms with E-state index in [-0.39, 0.29) is 11.3 Å². The zero-order valence-electron chi connectivity index (χ0n) is 10.6. The van der Waals surface area contributed by atoms with Gasteiger partial charge in [0.05, 0.1) is 0 Å². The lowest BCUT2D eigenvalue weighted by molar-refractivity contribution is 0.0335. The third-order valence-electron chi connectivity index (χ3n) is 2.81. The van der Waals surface area contributed by atoms with E-state index in [4.69, 9.17) is 16.3 Å². The minimum absolute atomic E-state index is 0.110. The molecule has 0 aromatic heterocycles. The molecule has 0 aliphatic carbocycles. The molecule has 1 atom stereocenters. The Kier molecular flexibility index (Phi) is 4.68. The van der Waals surface area contributed by atoms with Crippen LogP contribution in [0.25, 0.3) is 0 Å². The predicted octanol–water partition coefficient (Wildman–Crippen LogP) is 4.73. The average molecular weight is 356 g/mol. The van der Waals surface area contributed by atoms with Gasteiger partial charge in [0.2, 0.25) is 0 Å². The Labute approximate surface area is 130 Å². The van der Waals surface area contributed by atoms with E-state index in [1.54, 1.807) is 31.2 Å². The molecule has 0 spiro atoms. The second kappa shape index (κ2) is 6.29. The van der Waals surface area contributed by atoms with E-state index in [9.17, 15) is 9.90 Å². The normalized spacial score (nSPS) is 11.9. The molecule has 5 heteroatoms. The smallest absolute Gasteiger partial charge is 0.342 e. The highest BCUT2D eigenvalue weighted by Gasteiger charge is 2.18. The average Bonchev–Trinajstić information content (AvgIpc) is 2.41. The standard InChI is InChI=1S/C15H12BrClO3/c1-9(11-4-2-3-5-13(11)17)20-15(19)12-8-10(16)6-7-14(12)18/h2-9,18H,1H3/t9-/m1/s1. The lowest BCUT2D eigenvalue weighted by atomic mass is 10.1. The van der Waals surface area contributed by atoms with Crippen LogP contribution in [-0.2, 0) is 4.74 Å². The zero-order chi connectivity index (χ0) is 14.7. The first-order chi connectivity index (χ1) is 9.49. The van der Waals surface area contributed by atoms with Crippen LogP contribution in [0.3, 0.4) is 0 Å². The zero-order valence-corrected chi connectivity index (χ0v) is 13.0. The van der Waals surface area contributed by atoms with Crippen LogP contribution in [0.4, 0.5) is 0 Å². The molecular weight excluding hydrogens is 344 g/mol. The van der Waals surface area contributed by atoms with Gasteiger partial charge < -0.3 is 9.84 Å². The van der Waals surface area contributed by atoms with Gasteiger partial charge in [-0.05, 0) is 31.2 Å². The first kappa shape index (κ1) is 14.9. The molecule has 0 aliphatic heterocycles. The Bertz CT molecular complexity index is 643. The first-order valence-corrected chi connectivity index (χ1v) is 7.10. The van der Waals surface area contributed by atoms with E-state index in [1.165, 1.54) is 12.1 Å². The number of carbonyl (C=O) groups excluding carboxylic acids is 1. The molecule has 0 aliphatic rings. The molecule has 0 heterocycles. The summed E-state index contributed by atoms with van der Waals surface area (Å²) in [7, 11) is 0. The number of aromatic hydroxyl groups is 1. The van der Waals surface area contributed by atoms with Crippen molar-refractivity contribution in [2.75, 3.05) is 0 Å². The molecule has 2 aromatic carbocycles. The SMILES string of the molecule is C[C@@H](OC(=O)c1cc(Br)ccc1O)c1ccccc1Cl. The number of halogens is 2. The lowest BCUT2D eigenvalue weighted by Gasteiger charge is -2.15. The van der Waals surface area contributed by atoms with Gasteiger partial charge in [-0.25, -0.2) is 4.79 Å².